The minimum atomic E-state index is -0.477. The summed E-state index contributed by atoms with van der Waals surface area (Å²) >= 11 is 2.69. The summed E-state index contributed by atoms with van der Waals surface area (Å²) in [6.07, 6.45) is 1.66. The largest absolute Gasteiger partial charge is 0.496 e. The number of carbonyl (C=O) groups is 3. The maximum atomic E-state index is 13.6. The van der Waals surface area contributed by atoms with Crippen LogP contribution in [0.2, 0.25) is 0 Å². The van der Waals surface area contributed by atoms with Gasteiger partial charge in [0, 0.05) is 27.1 Å². The van der Waals surface area contributed by atoms with Gasteiger partial charge in [-0.1, -0.05) is 74.5 Å². The van der Waals surface area contributed by atoms with E-state index >= 15 is 0 Å². The summed E-state index contributed by atoms with van der Waals surface area (Å²) < 4.78 is 5.44. The lowest BCUT2D eigenvalue weighted by Gasteiger charge is -2.14. The van der Waals surface area contributed by atoms with E-state index in [0.29, 0.717) is 28.0 Å². The molecule has 0 spiro atoms. The molecule has 5 rings (SSSR count). The Morgan fingerprint density at radius 2 is 1.58 bits per heavy atom. The van der Waals surface area contributed by atoms with E-state index < -0.39 is 17.1 Å². The minimum absolute atomic E-state index is 0.0999. The fourth-order valence-electron chi connectivity index (χ4n) is 4.71. The highest BCUT2D eigenvalue weighted by Gasteiger charge is 2.19. The lowest BCUT2D eigenvalue weighted by atomic mass is 10.0. The number of methoxy groups -OCH3 is 1. The summed E-state index contributed by atoms with van der Waals surface area (Å²) in [7, 11) is 1.61. The van der Waals surface area contributed by atoms with Crippen molar-refractivity contribution in [2.24, 2.45) is 0 Å². The SMILES string of the molecule is COc1ccccc1-c1csc(NC(=O)C(C)Sc2cccc(NC(=O)/C(=C\c3ccc(C(C)C)cc3)NC(=O)c3ccccc3)c2)n1. The van der Waals surface area contributed by atoms with Gasteiger partial charge < -0.3 is 20.7 Å². The van der Waals surface area contributed by atoms with E-state index in [0.717, 1.165) is 21.7 Å². The monoisotopic (exact) mass is 676 g/mol. The number of thiazole rings is 1. The molecule has 1 unspecified atom stereocenters. The molecule has 1 aromatic heterocycles. The molecule has 8 nitrogen and oxygen atoms in total. The third kappa shape index (κ3) is 8.99. The molecule has 1 atom stereocenters. The Balaban J connectivity index is 1.26. The minimum Gasteiger partial charge on any atom is -0.496 e. The van der Waals surface area contributed by atoms with Gasteiger partial charge >= 0.3 is 0 Å². The van der Waals surface area contributed by atoms with Crippen molar-refractivity contribution in [1.82, 2.24) is 10.3 Å². The first-order valence-electron chi connectivity index (χ1n) is 15.4. The first-order valence-corrected chi connectivity index (χ1v) is 17.1. The number of amides is 3. The van der Waals surface area contributed by atoms with E-state index in [2.05, 4.69) is 34.8 Å². The number of ether oxygens (including phenoxy) is 1. The number of hydrogen-bond donors (Lipinski definition) is 3. The maximum absolute atomic E-state index is 13.6. The van der Waals surface area contributed by atoms with Crippen LogP contribution in [0.1, 0.15) is 48.2 Å². The van der Waals surface area contributed by atoms with Crippen molar-refractivity contribution in [3.8, 4) is 17.0 Å². The summed E-state index contributed by atoms with van der Waals surface area (Å²) in [6, 6.07) is 31.4. The Kier molecular flexibility index (Phi) is 11.4. The smallest absolute Gasteiger partial charge is 0.272 e. The molecule has 10 heteroatoms. The number of benzene rings is 4. The average molecular weight is 677 g/mol. The fraction of sp³-hybridized carbons (Fsp3) is 0.158. The molecule has 0 saturated heterocycles. The Labute approximate surface area is 288 Å². The van der Waals surface area contributed by atoms with Crippen molar-refractivity contribution in [2.45, 2.75) is 36.8 Å². The highest BCUT2D eigenvalue weighted by Crippen LogP contribution is 2.33. The Morgan fingerprint density at radius 1 is 0.854 bits per heavy atom. The molecular formula is C38H36N4O4S2. The average Bonchev–Trinajstić information content (AvgIpc) is 3.56. The molecular weight excluding hydrogens is 641 g/mol. The number of anilines is 2. The molecule has 0 bridgehead atoms. The zero-order valence-electron chi connectivity index (χ0n) is 27.0. The van der Waals surface area contributed by atoms with E-state index in [1.54, 1.807) is 55.7 Å². The van der Waals surface area contributed by atoms with Crippen LogP contribution in [-0.4, -0.2) is 35.1 Å². The lowest BCUT2D eigenvalue weighted by Crippen LogP contribution is -2.30. The van der Waals surface area contributed by atoms with Crippen LogP contribution in [0.4, 0.5) is 10.8 Å². The Morgan fingerprint density at radius 3 is 2.31 bits per heavy atom. The van der Waals surface area contributed by atoms with Crippen molar-refractivity contribution < 1.29 is 19.1 Å². The van der Waals surface area contributed by atoms with Gasteiger partial charge in [0.25, 0.3) is 11.8 Å². The Hall–Kier alpha value is -5.19. The van der Waals surface area contributed by atoms with Gasteiger partial charge in [0.05, 0.1) is 18.1 Å². The van der Waals surface area contributed by atoms with E-state index in [-0.39, 0.29) is 11.6 Å². The molecule has 244 valence electrons. The van der Waals surface area contributed by atoms with Crippen molar-refractivity contribution in [2.75, 3.05) is 17.7 Å². The predicted octanol–water partition coefficient (Wildman–Crippen LogP) is 8.47. The van der Waals surface area contributed by atoms with E-state index in [1.807, 2.05) is 73.0 Å². The van der Waals surface area contributed by atoms with E-state index in [4.69, 9.17) is 4.74 Å². The number of nitrogens with zero attached hydrogens (tertiary/aromatic N) is 1. The van der Waals surface area contributed by atoms with Gasteiger partial charge in [-0.25, -0.2) is 4.98 Å². The third-order valence-electron chi connectivity index (χ3n) is 7.33. The van der Waals surface area contributed by atoms with Crippen LogP contribution in [0.5, 0.6) is 5.75 Å². The van der Waals surface area contributed by atoms with E-state index in [1.165, 1.54) is 28.7 Å². The van der Waals surface area contributed by atoms with Gasteiger partial charge in [-0.15, -0.1) is 23.1 Å². The standard InChI is InChI=1S/C38H36N4O4S2/c1-24(2)27-19-17-26(18-20-27)21-32(40-36(44)28-11-6-5-7-12-28)37(45)39-29-13-10-14-30(22-29)48-25(3)35(43)42-38-41-33(23-47-38)31-15-8-9-16-34(31)46-4/h5-25H,1-4H3,(H,39,45)(H,40,44)(H,41,42,43)/b32-21+. The number of nitrogens with one attached hydrogen (secondary N) is 3. The van der Waals surface area contributed by atoms with Crippen LogP contribution in [0.3, 0.4) is 0 Å². The number of para-hydroxylation sites is 1. The number of rotatable bonds is 12. The van der Waals surface area contributed by atoms with Gasteiger partial charge in [0.2, 0.25) is 5.91 Å². The van der Waals surface area contributed by atoms with Gasteiger partial charge in [-0.05, 0) is 72.5 Å². The van der Waals surface area contributed by atoms with Crippen LogP contribution >= 0.6 is 23.1 Å². The maximum Gasteiger partial charge on any atom is 0.272 e. The Bertz CT molecular complexity index is 1920. The first kappa shape index (κ1) is 34.2. The molecule has 0 fully saturated rings. The molecule has 1 heterocycles. The lowest BCUT2D eigenvalue weighted by molar-refractivity contribution is -0.115. The molecule has 5 aromatic rings. The zero-order chi connectivity index (χ0) is 34.0. The number of thioether (sulfide) groups is 1. The molecule has 4 aromatic carbocycles. The topological polar surface area (TPSA) is 109 Å². The summed E-state index contributed by atoms with van der Waals surface area (Å²) in [5.74, 6) is 0.00253. The van der Waals surface area contributed by atoms with Crippen LogP contribution in [0, 0.1) is 0 Å². The van der Waals surface area contributed by atoms with Gasteiger partial charge in [0.15, 0.2) is 5.13 Å². The van der Waals surface area contributed by atoms with Crippen LogP contribution in [0.25, 0.3) is 17.3 Å². The summed E-state index contributed by atoms with van der Waals surface area (Å²) in [5.41, 5.74) is 4.57. The molecule has 0 aliphatic carbocycles. The van der Waals surface area contributed by atoms with Crippen molar-refractivity contribution in [3.63, 3.8) is 0 Å². The van der Waals surface area contributed by atoms with E-state index in [9.17, 15) is 14.4 Å². The highest BCUT2D eigenvalue weighted by molar-refractivity contribution is 8.00. The van der Waals surface area contributed by atoms with Crippen LogP contribution < -0.4 is 20.7 Å². The number of aromatic nitrogens is 1. The zero-order valence-corrected chi connectivity index (χ0v) is 28.7. The van der Waals surface area contributed by atoms with Gasteiger partial charge in [-0.2, -0.15) is 0 Å². The van der Waals surface area contributed by atoms with Crippen LogP contribution in [0.15, 0.2) is 119 Å². The molecule has 3 N–H and O–H groups in total. The second kappa shape index (κ2) is 16.1. The van der Waals surface area contributed by atoms with Gasteiger partial charge in [-0.3, -0.25) is 14.4 Å². The predicted molar refractivity (Wildman–Crippen MR) is 196 cm³/mol. The summed E-state index contributed by atoms with van der Waals surface area (Å²) in [4.78, 5) is 45.1. The number of carbonyl (C=O) groups excluding carboxylic acids is 3. The molecule has 0 saturated carbocycles. The molecule has 48 heavy (non-hydrogen) atoms. The summed E-state index contributed by atoms with van der Waals surface area (Å²) in [5, 5.41) is 10.5. The quantitative estimate of drug-likeness (QED) is 0.0904. The molecule has 3 amide bonds. The highest BCUT2D eigenvalue weighted by atomic mass is 32.2. The fourth-order valence-corrected chi connectivity index (χ4v) is 6.35. The molecule has 0 aliphatic rings. The second-order valence-corrected chi connectivity index (χ2v) is 13.4. The van der Waals surface area contributed by atoms with Crippen molar-refractivity contribution in [3.05, 3.63) is 131 Å². The van der Waals surface area contributed by atoms with Crippen molar-refractivity contribution in [1.29, 1.82) is 0 Å². The van der Waals surface area contributed by atoms with Gasteiger partial charge in [0.1, 0.15) is 11.4 Å². The second-order valence-electron chi connectivity index (χ2n) is 11.2. The molecule has 0 radical (unpaired) electrons. The summed E-state index contributed by atoms with van der Waals surface area (Å²) in [6.45, 7) is 6.04. The first-order chi connectivity index (χ1) is 23.2. The third-order valence-corrected chi connectivity index (χ3v) is 9.19. The normalized spacial score (nSPS) is 11.9. The number of hydrogen-bond acceptors (Lipinski definition) is 7. The van der Waals surface area contributed by atoms with Crippen molar-refractivity contribution >= 4 is 57.7 Å². The van der Waals surface area contributed by atoms with Crippen LogP contribution in [-0.2, 0) is 9.59 Å². The molecule has 0 aliphatic heterocycles.